The number of ether oxygens (including phenoxy) is 1. The molecule has 1 heterocycles. The molecule has 0 saturated heterocycles. The Balaban J connectivity index is 2.03. The van der Waals surface area contributed by atoms with E-state index in [1.807, 2.05) is 42.5 Å². The van der Waals surface area contributed by atoms with Crippen LogP contribution in [0.15, 0.2) is 85.2 Å². The third-order valence-corrected chi connectivity index (χ3v) is 3.71. The lowest BCUT2D eigenvalue weighted by Gasteiger charge is -2.08. The number of hydrogen-bond acceptors (Lipinski definition) is 3. The molecule has 0 amide bonds. The highest BCUT2D eigenvalue weighted by atomic mass is 35.5. The maximum absolute atomic E-state index is 5.92. The molecule has 0 saturated carbocycles. The lowest BCUT2D eigenvalue weighted by molar-refractivity contribution is 0.462. The Bertz CT molecular complexity index is 909. The van der Waals surface area contributed by atoms with Crippen molar-refractivity contribution in [3.63, 3.8) is 0 Å². The third kappa shape index (κ3) is 4.78. The van der Waals surface area contributed by atoms with Crippen LogP contribution < -0.4 is 4.74 Å². The Morgan fingerprint density at radius 3 is 2.28 bits per heavy atom. The molecule has 3 nitrogen and oxygen atoms in total. The first kappa shape index (κ1) is 16.9. The zero-order valence-electron chi connectivity index (χ0n) is 13.8. The van der Waals surface area contributed by atoms with Crippen LogP contribution in [0.1, 0.15) is 5.56 Å². The second-order valence-corrected chi connectivity index (χ2v) is 5.84. The predicted octanol–water partition coefficient (Wildman–Crippen LogP) is 6.02. The van der Waals surface area contributed by atoms with Crippen molar-refractivity contribution in [2.45, 2.75) is 6.92 Å². The van der Waals surface area contributed by atoms with Gasteiger partial charge in [-0.1, -0.05) is 65.7 Å². The minimum Gasteiger partial charge on any atom is -0.437 e. The molecule has 124 valence electrons. The number of benzene rings is 1. The van der Waals surface area contributed by atoms with E-state index in [2.05, 4.69) is 23.0 Å². The topological polar surface area (TPSA) is 35.0 Å². The number of nitrogens with zero attached hydrogens (tertiary/aromatic N) is 2. The average Bonchev–Trinajstić information content (AvgIpc) is 2.63. The molecule has 25 heavy (non-hydrogen) atoms. The summed E-state index contributed by atoms with van der Waals surface area (Å²) < 4.78 is 5.91. The molecule has 0 aliphatic carbocycles. The first-order chi connectivity index (χ1) is 12.2. The van der Waals surface area contributed by atoms with Crippen molar-refractivity contribution < 1.29 is 4.74 Å². The van der Waals surface area contributed by atoms with E-state index in [-0.39, 0.29) is 0 Å². The van der Waals surface area contributed by atoms with Crippen molar-refractivity contribution in [3.05, 3.63) is 95.8 Å². The van der Waals surface area contributed by atoms with Crippen LogP contribution in [0.4, 0.5) is 0 Å². The van der Waals surface area contributed by atoms with Gasteiger partial charge in [0.2, 0.25) is 5.88 Å². The molecule has 0 fully saturated rings. The van der Waals surface area contributed by atoms with Crippen molar-refractivity contribution in [3.8, 4) is 22.9 Å². The SMILES string of the molecule is Cc1cccccc(-c2nccnc2Oc2ccc(Cl)cc2)ccc1. The van der Waals surface area contributed by atoms with E-state index < -0.39 is 0 Å². The average molecular weight is 349 g/mol. The zero-order valence-corrected chi connectivity index (χ0v) is 14.5. The molecular formula is C21H17ClN2O. The van der Waals surface area contributed by atoms with Gasteiger partial charge >= 0.3 is 0 Å². The number of aromatic nitrogens is 2. The van der Waals surface area contributed by atoms with Crippen LogP contribution in [-0.4, -0.2) is 9.97 Å². The molecule has 0 bridgehead atoms. The number of aryl methyl sites for hydroxylation is 1. The summed E-state index contributed by atoms with van der Waals surface area (Å²) in [5.74, 6) is 1.10. The van der Waals surface area contributed by atoms with Gasteiger partial charge in [0, 0.05) is 23.0 Å². The Labute approximate surface area is 152 Å². The largest absolute Gasteiger partial charge is 0.437 e. The van der Waals surface area contributed by atoms with E-state index in [0.717, 1.165) is 5.56 Å². The first-order valence-corrected chi connectivity index (χ1v) is 8.25. The van der Waals surface area contributed by atoms with Gasteiger partial charge in [-0.3, -0.25) is 0 Å². The number of hydrogen-bond donors (Lipinski definition) is 0. The van der Waals surface area contributed by atoms with E-state index in [0.29, 0.717) is 22.3 Å². The van der Waals surface area contributed by atoms with Gasteiger partial charge in [-0.2, -0.15) is 0 Å². The highest BCUT2D eigenvalue weighted by Crippen LogP contribution is 2.29. The predicted molar refractivity (Wildman–Crippen MR) is 101 cm³/mol. The monoisotopic (exact) mass is 348 g/mol. The fraction of sp³-hybridized carbons (Fsp3) is 0.0476. The molecule has 2 aromatic carbocycles. The summed E-state index contributed by atoms with van der Waals surface area (Å²) in [6, 6.07) is 23.2. The lowest BCUT2D eigenvalue weighted by Crippen LogP contribution is -1.93. The summed E-state index contributed by atoms with van der Waals surface area (Å²) in [6.45, 7) is 2.05. The van der Waals surface area contributed by atoms with Crippen molar-refractivity contribution in [2.24, 2.45) is 0 Å². The molecule has 1 aromatic heterocycles. The van der Waals surface area contributed by atoms with Gasteiger partial charge in [0.05, 0.1) is 0 Å². The van der Waals surface area contributed by atoms with E-state index in [9.17, 15) is 0 Å². The molecule has 0 N–H and O–H groups in total. The van der Waals surface area contributed by atoms with Gasteiger partial charge in [-0.05, 0) is 31.2 Å². The third-order valence-electron chi connectivity index (χ3n) is 3.46. The van der Waals surface area contributed by atoms with Crippen molar-refractivity contribution >= 4 is 11.6 Å². The number of rotatable bonds is 3. The molecular weight excluding hydrogens is 332 g/mol. The molecule has 3 aromatic rings. The quantitative estimate of drug-likeness (QED) is 0.580. The van der Waals surface area contributed by atoms with Crippen LogP contribution in [0.25, 0.3) is 11.3 Å². The summed E-state index contributed by atoms with van der Waals surface area (Å²) in [5, 5.41) is 0.657. The van der Waals surface area contributed by atoms with Crippen LogP contribution in [0.2, 0.25) is 5.02 Å². The molecule has 4 heteroatoms. The smallest absolute Gasteiger partial charge is 0.246 e. The first-order valence-electron chi connectivity index (χ1n) is 7.87. The van der Waals surface area contributed by atoms with Crippen molar-refractivity contribution in [2.75, 3.05) is 0 Å². The minimum absolute atomic E-state index is 0.447. The highest BCUT2D eigenvalue weighted by Gasteiger charge is 2.09. The molecule has 0 aliphatic rings. The van der Waals surface area contributed by atoms with Crippen LogP contribution in [0, 0.1) is 6.92 Å². The van der Waals surface area contributed by atoms with Gasteiger partial charge in [0.1, 0.15) is 11.4 Å². The second-order valence-electron chi connectivity index (χ2n) is 5.40. The van der Waals surface area contributed by atoms with E-state index in [1.54, 1.807) is 36.7 Å². The fourth-order valence-corrected chi connectivity index (χ4v) is 2.34. The van der Waals surface area contributed by atoms with Crippen LogP contribution in [-0.2, 0) is 0 Å². The highest BCUT2D eigenvalue weighted by molar-refractivity contribution is 6.30. The van der Waals surface area contributed by atoms with E-state index in [4.69, 9.17) is 16.3 Å². The molecule has 0 radical (unpaired) electrons. The summed E-state index contributed by atoms with van der Waals surface area (Å²) in [6.07, 6.45) is 3.27. The summed E-state index contributed by atoms with van der Waals surface area (Å²) in [5.41, 5.74) is 2.75. The van der Waals surface area contributed by atoms with Gasteiger partial charge in [-0.25, -0.2) is 9.97 Å². The Morgan fingerprint density at radius 1 is 0.760 bits per heavy atom. The van der Waals surface area contributed by atoms with Crippen LogP contribution >= 0.6 is 11.6 Å². The summed E-state index contributed by atoms with van der Waals surface area (Å²) in [4.78, 5) is 8.79. The second kappa shape index (κ2) is 8.27. The Hall–Kier alpha value is -2.91. The van der Waals surface area contributed by atoms with E-state index in [1.165, 1.54) is 5.56 Å². The maximum Gasteiger partial charge on any atom is 0.246 e. The standard InChI is InChI=1S/C21H17ClN2O/c1-16-6-3-2-4-8-17(9-5-7-16)20-21(24-15-14-23-20)25-19-12-10-18(22)11-13-19/h2-15H,1H3. The summed E-state index contributed by atoms with van der Waals surface area (Å²) >= 11 is 5.92. The normalized spacial score (nSPS) is 10.0. The van der Waals surface area contributed by atoms with E-state index >= 15 is 0 Å². The molecule has 0 spiro atoms. The molecule has 3 rings (SSSR count). The minimum atomic E-state index is 0.447. The number of halogens is 1. The van der Waals surface area contributed by atoms with Gasteiger partial charge in [0.25, 0.3) is 0 Å². The Kier molecular flexibility index (Phi) is 5.60. The molecule has 0 aliphatic heterocycles. The summed E-state index contributed by atoms with van der Waals surface area (Å²) in [7, 11) is 0. The van der Waals surface area contributed by atoms with Crippen molar-refractivity contribution in [1.29, 1.82) is 0 Å². The van der Waals surface area contributed by atoms with Crippen LogP contribution in [0.5, 0.6) is 11.6 Å². The van der Waals surface area contributed by atoms with Crippen molar-refractivity contribution in [1.82, 2.24) is 9.97 Å². The molecule has 0 unspecified atom stereocenters. The lowest BCUT2D eigenvalue weighted by atomic mass is 10.2. The maximum atomic E-state index is 5.92. The van der Waals surface area contributed by atoms with Gasteiger partial charge in [-0.15, -0.1) is 0 Å². The Morgan fingerprint density at radius 2 is 1.44 bits per heavy atom. The van der Waals surface area contributed by atoms with Gasteiger partial charge in [0.15, 0.2) is 0 Å². The molecule has 0 atom stereocenters. The van der Waals surface area contributed by atoms with Gasteiger partial charge < -0.3 is 4.74 Å². The van der Waals surface area contributed by atoms with Crippen LogP contribution in [0.3, 0.4) is 0 Å². The zero-order chi connectivity index (χ0) is 17.5. The fourth-order valence-electron chi connectivity index (χ4n) is 2.22.